The Kier molecular flexibility index (Phi) is 4.37. The fourth-order valence-electron chi connectivity index (χ4n) is 2.51. The van der Waals surface area contributed by atoms with E-state index >= 15 is 0 Å². The largest absolute Gasteiger partial charge is 0.326 e. The van der Waals surface area contributed by atoms with E-state index in [9.17, 15) is 4.79 Å². The highest BCUT2D eigenvalue weighted by atomic mass is 16.1. The molecule has 3 heteroatoms. The number of hydrogen-bond acceptors (Lipinski definition) is 2. The van der Waals surface area contributed by atoms with Crippen molar-refractivity contribution in [1.29, 1.82) is 0 Å². The molecule has 0 saturated heterocycles. The molecule has 0 aromatic heterocycles. The molecule has 2 N–H and O–H groups in total. The van der Waals surface area contributed by atoms with Gasteiger partial charge >= 0.3 is 0 Å². The first kappa shape index (κ1) is 13.1. The fraction of sp³-hybridized carbons (Fsp3) is 0.533. The molecular formula is C15H22N2O. The van der Waals surface area contributed by atoms with Crippen molar-refractivity contribution in [3.63, 3.8) is 0 Å². The monoisotopic (exact) mass is 246 g/mol. The first-order valence-electron chi connectivity index (χ1n) is 6.90. The minimum atomic E-state index is 0.107. The molecule has 0 fully saturated rings. The number of unbranched alkanes of at least 4 members (excludes halogenated alkanes) is 1. The summed E-state index contributed by atoms with van der Waals surface area (Å²) >= 11 is 0. The lowest BCUT2D eigenvalue weighted by Gasteiger charge is -2.18. The number of fused-ring (bicyclic) bond motifs is 1. The first-order chi connectivity index (χ1) is 8.74. The maximum absolute atomic E-state index is 11.4. The summed E-state index contributed by atoms with van der Waals surface area (Å²) in [4.78, 5) is 11.4. The van der Waals surface area contributed by atoms with Crippen molar-refractivity contribution < 1.29 is 4.79 Å². The summed E-state index contributed by atoms with van der Waals surface area (Å²) in [7, 11) is 0. The van der Waals surface area contributed by atoms with E-state index in [0.717, 1.165) is 24.2 Å². The van der Waals surface area contributed by atoms with Crippen LogP contribution in [-0.4, -0.2) is 12.5 Å². The van der Waals surface area contributed by atoms with Crippen molar-refractivity contribution in [3.8, 4) is 0 Å². The van der Waals surface area contributed by atoms with Gasteiger partial charge in [0.1, 0.15) is 0 Å². The summed E-state index contributed by atoms with van der Waals surface area (Å²) in [5.74, 6) is 0.107. The Morgan fingerprint density at radius 1 is 1.39 bits per heavy atom. The molecule has 0 saturated carbocycles. The molecule has 3 nitrogen and oxygen atoms in total. The molecule has 18 heavy (non-hydrogen) atoms. The van der Waals surface area contributed by atoms with Crippen LogP contribution < -0.4 is 10.6 Å². The second kappa shape index (κ2) is 6.01. The lowest BCUT2D eigenvalue weighted by molar-refractivity contribution is -0.115. The van der Waals surface area contributed by atoms with Gasteiger partial charge < -0.3 is 10.6 Å². The van der Waals surface area contributed by atoms with Crippen LogP contribution in [-0.2, 0) is 11.2 Å². The Morgan fingerprint density at radius 3 is 2.94 bits per heavy atom. The van der Waals surface area contributed by atoms with Crippen LogP contribution in [0.25, 0.3) is 0 Å². The number of rotatable bonds is 6. The minimum Gasteiger partial charge on any atom is -0.326 e. The molecule has 0 spiro atoms. The normalized spacial score (nSPS) is 15.3. The van der Waals surface area contributed by atoms with Gasteiger partial charge in [-0.3, -0.25) is 4.79 Å². The summed E-state index contributed by atoms with van der Waals surface area (Å²) in [6.07, 6.45) is 4.12. The standard InChI is InChI=1S/C15H22N2O/c1-3-5-6-13(16-4-2)11-7-8-14-12(9-11)10-15(18)17-14/h7-9,13,16H,3-6,10H2,1-2H3,(H,17,18). The molecule has 0 radical (unpaired) electrons. The van der Waals surface area contributed by atoms with Crippen molar-refractivity contribution in [1.82, 2.24) is 5.32 Å². The predicted molar refractivity (Wildman–Crippen MR) is 74.7 cm³/mol. The zero-order chi connectivity index (χ0) is 13.0. The number of benzene rings is 1. The number of hydrogen-bond donors (Lipinski definition) is 2. The number of carbonyl (C=O) groups excluding carboxylic acids is 1. The van der Waals surface area contributed by atoms with Crippen molar-refractivity contribution in [2.75, 3.05) is 11.9 Å². The highest BCUT2D eigenvalue weighted by Crippen LogP contribution is 2.28. The molecule has 98 valence electrons. The van der Waals surface area contributed by atoms with Gasteiger partial charge in [0.2, 0.25) is 5.91 Å². The third-order valence-electron chi connectivity index (χ3n) is 3.45. The van der Waals surface area contributed by atoms with Crippen LogP contribution in [0.5, 0.6) is 0 Å². The van der Waals surface area contributed by atoms with Gasteiger partial charge in [0.15, 0.2) is 0 Å². The van der Waals surface area contributed by atoms with Gasteiger partial charge in [-0.05, 0) is 30.2 Å². The maximum Gasteiger partial charge on any atom is 0.228 e. The molecule has 0 bridgehead atoms. The van der Waals surface area contributed by atoms with E-state index in [0.29, 0.717) is 12.5 Å². The third-order valence-corrected chi connectivity index (χ3v) is 3.45. The van der Waals surface area contributed by atoms with Crippen molar-refractivity contribution >= 4 is 11.6 Å². The molecule has 1 aromatic rings. The average Bonchev–Trinajstić information content (AvgIpc) is 2.73. The van der Waals surface area contributed by atoms with Crippen LogP contribution in [0, 0.1) is 0 Å². The Balaban J connectivity index is 2.15. The van der Waals surface area contributed by atoms with Crippen LogP contribution in [0.3, 0.4) is 0 Å². The van der Waals surface area contributed by atoms with E-state index in [-0.39, 0.29) is 5.91 Å². The average molecular weight is 246 g/mol. The predicted octanol–water partition coefficient (Wildman–Crippen LogP) is 3.02. The molecule has 1 atom stereocenters. The first-order valence-corrected chi connectivity index (χ1v) is 6.90. The SMILES string of the molecule is CCCCC(NCC)c1ccc2c(c1)CC(=O)N2. The molecule has 0 aliphatic carbocycles. The van der Waals surface area contributed by atoms with Gasteiger partial charge in [-0.25, -0.2) is 0 Å². The van der Waals surface area contributed by atoms with Gasteiger partial charge in [-0.2, -0.15) is 0 Å². The Hall–Kier alpha value is -1.35. The van der Waals surface area contributed by atoms with Gasteiger partial charge in [-0.15, -0.1) is 0 Å². The summed E-state index contributed by atoms with van der Waals surface area (Å²) in [5.41, 5.74) is 3.42. The second-order valence-corrected chi connectivity index (χ2v) is 4.89. The van der Waals surface area contributed by atoms with Crippen LogP contribution in [0.4, 0.5) is 5.69 Å². The zero-order valence-corrected chi connectivity index (χ0v) is 11.3. The summed E-state index contributed by atoms with van der Waals surface area (Å²) in [6.45, 7) is 5.33. The molecule has 1 aliphatic rings. The number of anilines is 1. The lowest BCUT2D eigenvalue weighted by Crippen LogP contribution is -2.20. The van der Waals surface area contributed by atoms with Crippen LogP contribution >= 0.6 is 0 Å². The van der Waals surface area contributed by atoms with Crippen LogP contribution in [0.15, 0.2) is 18.2 Å². The van der Waals surface area contributed by atoms with E-state index in [1.807, 2.05) is 6.07 Å². The summed E-state index contributed by atoms with van der Waals surface area (Å²) in [6, 6.07) is 6.76. The summed E-state index contributed by atoms with van der Waals surface area (Å²) < 4.78 is 0. The van der Waals surface area contributed by atoms with E-state index in [1.165, 1.54) is 18.4 Å². The van der Waals surface area contributed by atoms with Crippen LogP contribution in [0.1, 0.15) is 50.3 Å². The number of nitrogens with one attached hydrogen (secondary N) is 2. The van der Waals surface area contributed by atoms with Crippen molar-refractivity contribution in [3.05, 3.63) is 29.3 Å². The molecule has 2 rings (SSSR count). The lowest BCUT2D eigenvalue weighted by atomic mass is 9.98. The molecule has 1 unspecified atom stereocenters. The van der Waals surface area contributed by atoms with Crippen molar-refractivity contribution in [2.45, 2.75) is 45.6 Å². The van der Waals surface area contributed by atoms with Gasteiger partial charge in [-0.1, -0.05) is 38.8 Å². The topological polar surface area (TPSA) is 41.1 Å². The zero-order valence-electron chi connectivity index (χ0n) is 11.3. The van der Waals surface area contributed by atoms with E-state index < -0.39 is 0 Å². The Labute approximate surface area is 109 Å². The van der Waals surface area contributed by atoms with Crippen LogP contribution in [0.2, 0.25) is 0 Å². The highest BCUT2D eigenvalue weighted by Gasteiger charge is 2.19. The molecule has 1 heterocycles. The molecule has 1 aliphatic heterocycles. The van der Waals surface area contributed by atoms with Gasteiger partial charge in [0.05, 0.1) is 6.42 Å². The Morgan fingerprint density at radius 2 is 2.22 bits per heavy atom. The molecule has 1 aromatic carbocycles. The van der Waals surface area contributed by atoms with E-state index in [1.54, 1.807) is 0 Å². The van der Waals surface area contributed by atoms with E-state index in [2.05, 4.69) is 36.6 Å². The summed E-state index contributed by atoms with van der Waals surface area (Å²) in [5, 5.41) is 6.41. The number of carbonyl (C=O) groups is 1. The second-order valence-electron chi connectivity index (χ2n) is 4.89. The highest BCUT2D eigenvalue weighted by molar-refractivity contribution is 5.99. The smallest absolute Gasteiger partial charge is 0.228 e. The number of amides is 1. The third kappa shape index (κ3) is 2.91. The quantitative estimate of drug-likeness (QED) is 0.810. The van der Waals surface area contributed by atoms with Gasteiger partial charge in [0, 0.05) is 11.7 Å². The maximum atomic E-state index is 11.4. The van der Waals surface area contributed by atoms with Crippen molar-refractivity contribution in [2.24, 2.45) is 0 Å². The molecule has 1 amide bonds. The van der Waals surface area contributed by atoms with Gasteiger partial charge in [0.25, 0.3) is 0 Å². The fourth-order valence-corrected chi connectivity index (χ4v) is 2.51. The molecular weight excluding hydrogens is 224 g/mol. The Bertz CT molecular complexity index is 429. The minimum absolute atomic E-state index is 0.107. The van der Waals surface area contributed by atoms with E-state index in [4.69, 9.17) is 0 Å².